The van der Waals surface area contributed by atoms with Crippen LogP contribution in [-0.4, -0.2) is 11.1 Å². The first-order valence-corrected chi connectivity index (χ1v) is 5.02. The van der Waals surface area contributed by atoms with E-state index in [9.17, 15) is 4.79 Å². The minimum atomic E-state index is -0.842. The average molecular weight is 204 g/mol. The Balaban J connectivity index is 3.02. The van der Waals surface area contributed by atoms with Crippen LogP contribution in [0, 0.1) is 12.8 Å². The Labute approximate surface area is 90.3 Å². The van der Waals surface area contributed by atoms with Gasteiger partial charge in [-0.3, -0.25) is 0 Å². The van der Waals surface area contributed by atoms with Crippen LogP contribution in [0.3, 0.4) is 0 Å². The summed E-state index contributed by atoms with van der Waals surface area (Å²) < 4.78 is 0. The molecule has 0 aliphatic rings. The van der Waals surface area contributed by atoms with Gasteiger partial charge in [0.05, 0.1) is 0 Å². The zero-order valence-corrected chi connectivity index (χ0v) is 9.32. The van der Waals surface area contributed by atoms with Crippen LogP contribution in [0.15, 0.2) is 29.8 Å². The fourth-order valence-corrected chi connectivity index (χ4v) is 1.32. The maximum Gasteiger partial charge on any atom is 0.331 e. The van der Waals surface area contributed by atoms with Crippen molar-refractivity contribution in [3.8, 4) is 0 Å². The van der Waals surface area contributed by atoms with E-state index in [4.69, 9.17) is 5.11 Å². The lowest BCUT2D eigenvalue weighted by Gasteiger charge is -2.06. The molecule has 0 heterocycles. The predicted octanol–water partition coefficient (Wildman–Crippen LogP) is 3.12. The van der Waals surface area contributed by atoms with Crippen LogP contribution in [0.1, 0.15) is 25.0 Å². The molecule has 0 saturated carbocycles. The molecule has 0 aliphatic heterocycles. The number of carbonyl (C=O) groups is 1. The molecule has 0 saturated heterocycles. The van der Waals surface area contributed by atoms with Crippen molar-refractivity contribution in [3.63, 3.8) is 0 Å². The molecule has 0 radical (unpaired) electrons. The topological polar surface area (TPSA) is 37.3 Å². The van der Waals surface area contributed by atoms with E-state index in [1.165, 1.54) is 5.56 Å². The molecule has 0 aliphatic carbocycles. The molecule has 1 aromatic carbocycles. The SMILES string of the molecule is Cc1ccc(/C=C(/C(=O)O)C(C)C)cc1. The highest BCUT2D eigenvalue weighted by Gasteiger charge is 2.11. The summed E-state index contributed by atoms with van der Waals surface area (Å²) >= 11 is 0. The normalized spacial score (nSPS) is 11.9. The first-order valence-electron chi connectivity index (χ1n) is 5.02. The summed E-state index contributed by atoms with van der Waals surface area (Å²) in [6, 6.07) is 7.82. The van der Waals surface area contributed by atoms with Gasteiger partial charge in [0.2, 0.25) is 0 Å². The molecule has 1 rings (SSSR count). The van der Waals surface area contributed by atoms with Gasteiger partial charge in [-0.2, -0.15) is 0 Å². The highest BCUT2D eigenvalue weighted by molar-refractivity contribution is 5.92. The highest BCUT2D eigenvalue weighted by atomic mass is 16.4. The second kappa shape index (κ2) is 4.78. The largest absolute Gasteiger partial charge is 0.478 e. The summed E-state index contributed by atoms with van der Waals surface area (Å²) in [6.45, 7) is 5.77. The molecule has 0 amide bonds. The van der Waals surface area contributed by atoms with Crippen molar-refractivity contribution < 1.29 is 9.90 Å². The van der Waals surface area contributed by atoms with E-state index in [-0.39, 0.29) is 5.92 Å². The first kappa shape index (κ1) is 11.5. The fourth-order valence-electron chi connectivity index (χ4n) is 1.32. The third-order valence-corrected chi connectivity index (χ3v) is 2.27. The van der Waals surface area contributed by atoms with E-state index in [1.807, 2.05) is 45.0 Å². The van der Waals surface area contributed by atoms with E-state index in [1.54, 1.807) is 6.08 Å². The fraction of sp³-hybridized carbons (Fsp3) is 0.308. The summed E-state index contributed by atoms with van der Waals surface area (Å²) in [5.41, 5.74) is 2.55. The van der Waals surface area contributed by atoms with Gasteiger partial charge in [-0.25, -0.2) is 4.79 Å². The van der Waals surface area contributed by atoms with Crippen molar-refractivity contribution in [2.75, 3.05) is 0 Å². The molecule has 1 aromatic rings. The van der Waals surface area contributed by atoms with E-state index in [0.29, 0.717) is 5.57 Å². The van der Waals surface area contributed by atoms with Crippen LogP contribution in [0.2, 0.25) is 0 Å². The Morgan fingerprint density at radius 3 is 2.20 bits per heavy atom. The number of aryl methyl sites for hydroxylation is 1. The van der Waals surface area contributed by atoms with Crippen LogP contribution in [-0.2, 0) is 4.79 Å². The standard InChI is InChI=1S/C13H16O2/c1-9(2)12(13(14)15)8-11-6-4-10(3)5-7-11/h4-9H,1-3H3,(H,14,15)/b12-8+. The molecule has 15 heavy (non-hydrogen) atoms. The van der Waals surface area contributed by atoms with Crippen molar-refractivity contribution in [1.29, 1.82) is 0 Å². The second-order valence-corrected chi connectivity index (χ2v) is 3.97. The van der Waals surface area contributed by atoms with Crippen LogP contribution in [0.4, 0.5) is 0 Å². The molecule has 2 nitrogen and oxygen atoms in total. The van der Waals surface area contributed by atoms with Crippen LogP contribution >= 0.6 is 0 Å². The van der Waals surface area contributed by atoms with Gasteiger partial charge in [-0.15, -0.1) is 0 Å². The number of benzene rings is 1. The number of carboxylic acid groups (broad SMARTS) is 1. The summed E-state index contributed by atoms with van der Waals surface area (Å²) in [7, 11) is 0. The number of hydrogen-bond donors (Lipinski definition) is 1. The Morgan fingerprint density at radius 1 is 1.27 bits per heavy atom. The Morgan fingerprint density at radius 2 is 1.80 bits per heavy atom. The van der Waals surface area contributed by atoms with E-state index in [0.717, 1.165) is 5.56 Å². The highest BCUT2D eigenvalue weighted by Crippen LogP contribution is 2.15. The van der Waals surface area contributed by atoms with Gasteiger partial charge in [0, 0.05) is 5.57 Å². The van der Waals surface area contributed by atoms with Crippen molar-refractivity contribution in [2.24, 2.45) is 5.92 Å². The minimum Gasteiger partial charge on any atom is -0.478 e. The lowest BCUT2D eigenvalue weighted by Crippen LogP contribution is -2.06. The number of carboxylic acids is 1. The lowest BCUT2D eigenvalue weighted by molar-refractivity contribution is -0.133. The summed E-state index contributed by atoms with van der Waals surface area (Å²) in [5.74, 6) is -0.811. The summed E-state index contributed by atoms with van der Waals surface area (Å²) in [5, 5.41) is 8.99. The van der Waals surface area contributed by atoms with Gasteiger partial charge in [0.1, 0.15) is 0 Å². The smallest absolute Gasteiger partial charge is 0.331 e. The third kappa shape index (κ3) is 3.24. The van der Waals surface area contributed by atoms with Gasteiger partial charge in [0.25, 0.3) is 0 Å². The molecule has 1 N–H and O–H groups in total. The number of hydrogen-bond acceptors (Lipinski definition) is 1. The molecule has 0 atom stereocenters. The Kier molecular flexibility index (Phi) is 3.67. The molecule has 0 bridgehead atoms. The molecule has 0 fully saturated rings. The first-order chi connectivity index (χ1) is 7.00. The summed E-state index contributed by atoms with van der Waals surface area (Å²) in [6.07, 6.45) is 1.73. The van der Waals surface area contributed by atoms with Crippen molar-refractivity contribution in [3.05, 3.63) is 41.0 Å². The monoisotopic (exact) mass is 204 g/mol. The lowest BCUT2D eigenvalue weighted by atomic mass is 10.0. The van der Waals surface area contributed by atoms with Crippen LogP contribution in [0.25, 0.3) is 6.08 Å². The molecule has 80 valence electrons. The zero-order valence-electron chi connectivity index (χ0n) is 9.32. The van der Waals surface area contributed by atoms with E-state index in [2.05, 4.69) is 0 Å². The predicted molar refractivity (Wildman–Crippen MR) is 61.6 cm³/mol. The Hall–Kier alpha value is -1.57. The molecule has 0 unspecified atom stereocenters. The quantitative estimate of drug-likeness (QED) is 0.768. The maximum atomic E-state index is 10.9. The van der Waals surface area contributed by atoms with Gasteiger partial charge in [0.15, 0.2) is 0 Å². The van der Waals surface area contributed by atoms with E-state index < -0.39 is 5.97 Å². The number of aliphatic carboxylic acids is 1. The zero-order chi connectivity index (χ0) is 11.4. The third-order valence-electron chi connectivity index (χ3n) is 2.27. The van der Waals surface area contributed by atoms with Gasteiger partial charge in [-0.1, -0.05) is 43.7 Å². The van der Waals surface area contributed by atoms with E-state index >= 15 is 0 Å². The molecule has 0 aromatic heterocycles. The van der Waals surface area contributed by atoms with Crippen LogP contribution in [0.5, 0.6) is 0 Å². The van der Waals surface area contributed by atoms with Crippen molar-refractivity contribution in [1.82, 2.24) is 0 Å². The van der Waals surface area contributed by atoms with Gasteiger partial charge >= 0.3 is 5.97 Å². The molecular formula is C13H16O2. The Bertz CT molecular complexity index is 372. The minimum absolute atomic E-state index is 0.0313. The van der Waals surface area contributed by atoms with Crippen molar-refractivity contribution in [2.45, 2.75) is 20.8 Å². The van der Waals surface area contributed by atoms with Gasteiger partial charge in [-0.05, 0) is 24.5 Å². The van der Waals surface area contributed by atoms with Crippen LogP contribution < -0.4 is 0 Å². The average Bonchev–Trinajstić information content (AvgIpc) is 2.15. The molecular weight excluding hydrogens is 188 g/mol. The summed E-state index contributed by atoms with van der Waals surface area (Å²) in [4.78, 5) is 10.9. The van der Waals surface area contributed by atoms with Gasteiger partial charge < -0.3 is 5.11 Å². The maximum absolute atomic E-state index is 10.9. The second-order valence-electron chi connectivity index (χ2n) is 3.97. The molecule has 0 spiro atoms. The molecule has 2 heteroatoms. The number of rotatable bonds is 3. The van der Waals surface area contributed by atoms with Crippen molar-refractivity contribution >= 4 is 12.0 Å².